The van der Waals surface area contributed by atoms with Crippen molar-refractivity contribution in [1.29, 1.82) is 0 Å². The topological polar surface area (TPSA) is 290 Å². The molecule has 3 aliphatic rings. The Morgan fingerprint density at radius 3 is 1.84 bits per heavy atom. The first-order valence-corrected chi connectivity index (χ1v) is 29.2. The summed E-state index contributed by atoms with van der Waals surface area (Å²) in [5.41, 5.74) is 7.45. The fraction of sp³-hybridized carbons (Fsp3) is 0.534. The fourth-order valence-electron chi connectivity index (χ4n) is 10.8. The molecule has 1 saturated heterocycles. The number of nitrogens with one attached hydrogen (secondary N) is 3. The summed E-state index contributed by atoms with van der Waals surface area (Å²) in [7, 11) is 0. The van der Waals surface area contributed by atoms with E-state index in [1.165, 1.54) is 45.7 Å². The van der Waals surface area contributed by atoms with E-state index in [2.05, 4.69) is 159 Å². The Bertz CT molecular complexity index is 2780. The van der Waals surface area contributed by atoms with Crippen molar-refractivity contribution in [1.82, 2.24) is 50.6 Å². The normalized spacial score (nSPS) is 18.0. The van der Waals surface area contributed by atoms with Gasteiger partial charge in [0.25, 0.3) is 5.95 Å². The highest BCUT2D eigenvalue weighted by Gasteiger charge is 2.44. The van der Waals surface area contributed by atoms with Crippen LogP contribution in [0.2, 0.25) is 0 Å². The van der Waals surface area contributed by atoms with Crippen LogP contribution in [-0.4, -0.2) is 223 Å². The molecule has 4 heterocycles. The summed E-state index contributed by atoms with van der Waals surface area (Å²) in [4.78, 5) is 81.9. The van der Waals surface area contributed by atoms with Gasteiger partial charge in [-0.25, -0.2) is 0 Å². The maximum absolute atomic E-state index is 12.9. The number of anilines is 2. The van der Waals surface area contributed by atoms with Gasteiger partial charge in [0.05, 0.1) is 25.0 Å². The van der Waals surface area contributed by atoms with E-state index in [-0.39, 0.29) is 121 Å². The van der Waals surface area contributed by atoms with Crippen LogP contribution in [0.5, 0.6) is 0 Å². The van der Waals surface area contributed by atoms with E-state index in [1.54, 1.807) is 19.6 Å². The lowest BCUT2D eigenvalue weighted by molar-refractivity contribution is -0.438. The number of amides is 2. The highest BCUT2D eigenvalue weighted by Crippen LogP contribution is 2.47. The minimum atomic E-state index is -1.19. The predicted molar refractivity (Wildman–Crippen MR) is 314 cm³/mol. The molecule has 1 atom stereocenters. The van der Waals surface area contributed by atoms with Crippen molar-refractivity contribution in [2.45, 2.75) is 95.2 Å². The van der Waals surface area contributed by atoms with Crippen molar-refractivity contribution in [3.05, 3.63) is 95.7 Å². The van der Waals surface area contributed by atoms with E-state index < -0.39 is 35.8 Å². The van der Waals surface area contributed by atoms with Gasteiger partial charge >= 0.3 is 23.9 Å². The number of para-hydroxylation sites is 2. The van der Waals surface area contributed by atoms with Crippen LogP contribution in [0.25, 0.3) is 0 Å². The number of rotatable bonds is 29. The lowest BCUT2D eigenvalue weighted by Crippen LogP contribution is -2.52. The number of aliphatic carboxylic acids is 4. The monoisotopic (exact) mass is 1150 g/mol. The Hall–Kier alpha value is -7.12. The molecule has 1 fully saturated rings. The SMILES string of the molecule is CCN1C(=CC=CC=CC2=[N+](CCCCCC(=O)NCCSc3nnc(NCCNC(=O)CCC(C(=O)O)N4CCN(CC(=O)O)CCN(CC(=O)O)CCN(CC(=O)O)CC4)nn3)c3ccccc3C2(C)C)C(C)(C)c2ccccc21. The zero-order chi connectivity index (χ0) is 59.2. The number of carboxylic acid groups (broad SMARTS) is 4. The van der Waals surface area contributed by atoms with Crippen molar-refractivity contribution in [3.63, 3.8) is 0 Å². The summed E-state index contributed by atoms with van der Waals surface area (Å²) in [6.45, 7) is 14.2. The number of hydrogen-bond acceptors (Lipinski definition) is 17. The Labute approximate surface area is 484 Å². The predicted octanol–water partition coefficient (Wildman–Crippen LogP) is 4.16. The molecule has 0 saturated carbocycles. The number of carbonyl (C=O) groups is 6. The van der Waals surface area contributed by atoms with Gasteiger partial charge < -0.3 is 41.3 Å². The van der Waals surface area contributed by atoms with Crippen LogP contribution in [-0.2, 0) is 39.6 Å². The summed E-state index contributed by atoms with van der Waals surface area (Å²) in [6.07, 6.45) is 13.7. The van der Waals surface area contributed by atoms with Crippen LogP contribution in [0, 0.1) is 0 Å². The molecule has 444 valence electrons. The van der Waals surface area contributed by atoms with Crippen molar-refractivity contribution in [3.8, 4) is 0 Å². The maximum Gasteiger partial charge on any atom is 0.320 e. The number of thioether (sulfide) groups is 1. The molecule has 1 unspecified atom stereocenters. The van der Waals surface area contributed by atoms with Crippen molar-refractivity contribution in [2.24, 2.45) is 0 Å². The minimum absolute atomic E-state index is 0.0150. The molecule has 0 bridgehead atoms. The molecule has 2 amide bonds. The lowest BCUT2D eigenvalue weighted by Gasteiger charge is -2.35. The molecule has 3 aliphatic heterocycles. The zero-order valence-corrected chi connectivity index (χ0v) is 48.8. The Balaban J connectivity index is 0.879. The number of benzene rings is 2. The van der Waals surface area contributed by atoms with Crippen LogP contribution in [0.3, 0.4) is 0 Å². The van der Waals surface area contributed by atoms with Crippen LogP contribution in [0.15, 0.2) is 89.8 Å². The molecule has 6 rings (SSSR count). The molecule has 0 spiro atoms. The third kappa shape index (κ3) is 18.7. The summed E-state index contributed by atoms with van der Waals surface area (Å²) < 4.78 is 2.43. The van der Waals surface area contributed by atoms with E-state index in [0.29, 0.717) is 23.9 Å². The largest absolute Gasteiger partial charge is 0.480 e. The van der Waals surface area contributed by atoms with Gasteiger partial charge in [0.1, 0.15) is 12.6 Å². The Kier molecular flexibility index (Phi) is 24.5. The maximum atomic E-state index is 12.9. The van der Waals surface area contributed by atoms with Gasteiger partial charge in [-0.3, -0.25) is 48.4 Å². The molecule has 2 aromatic carbocycles. The van der Waals surface area contributed by atoms with Crippen LogP contribution in [0.4, 0.5) is 17.3 Å². The molecule has 0 radical (unpaired) electrons. The summed E-state index contributed by atoms with van der Waals surface area (Å²) in [6, 6.07) is 16.1. The van der Waals surface area contributed by atoms with Crippen LogP contribution in [0.1, 0.15) is 84.3 Å². The third-order valence-electron chi connectivity index (χ3n) is 15.1. The molecule has 3 aromatic rings. The number of hydrogen-bond donors (Lipinski definition) is 7. The van der Waals surface area contributed by atoms with Gasteiger partial charge in [-0.05, 0) is 57.7 Å². The Morgan fingerprint density at radius 1 is 0.659 bits per heavy atom. The number of nitrogens with zero attached hydrogens (tertiary/aromatic N) is 10. The number of unbranched alkanes of at least 4 members (excludes halogenated alkanes) is 2. The van der Waals surface area contributed by atoms with Crippen molar-refractivity contribution >= 4 is 70.5 Å². The van der Waals surface area contributed by atoms with Crippen LogP contribution >= 0.6 is 11.8 Å². The Morgan fingerprint density at radius 2 is 1.23 bits per heavy atom. The van der Waals surface area contributed by atoms with Gasteiger partial charge in [-0.2, -0.15) is 4.58 Å². The van der Waals surface area contributed by atoms with Gasteiger partial charge in [0.15, 0.2) is 5.71 Å². The quantitative estimate of drug-likeness (QED) is 0.0222. The average molecular weight is 1150 g/mol. The third-order valence-corrected chi connectivity index (χ3v) is 15.9. The highest BCUT2D eigenvalue weighted by atomic mass is 32.2. The fourth-order valence-corrected chi connectivity index (χ4v) is 11.4. The molecule has 7 N–H and O–H groups in total. The van der Waals surface area contributed by atoms with E-state index >= 15 is 0 Å². The number of likely N-dealkylation sites (N-methyl/N-ethyl adjacent to an activating group) is 1. The second-order valence-corrected chi connectivity index (χ2v) is 22.7. The average Bonchev–Trinajstić information content (AvgIpc) is 2.43. The van der Waals surface area contributed by atoms with Gasteiger partial charge in [-0.15, -0.1) is 20.4 Å². The van der Waals surface area contributed by atoms with Crippen LogP contribution < -0.4 is 20.9 Å². The summed E-state index contributed by atoms with van der Waals surface area (Å²) >= 11 is 1.30. The molecular weight excluding hydrogens is 1070 g/mol. The smallest absolute Gasteiger partial charge is 0.320 e. The minimum Gasteiger partial charge on any atom is -0.480 e. The van der Waals surface area contributed by atoms with E-state index in [9.17, 15) is 49.2 Å². The van der Waals surface area contributed by atoms with E-state index in [1.807, 2.05) is 0 Å². The summed E-state index contributed by atoms with van der Waals surface area (Å²) in [5, 5.41) is 64.1. The second kappa shape index (κ2) is 31.4. The standard InChI is InChI=1S/C58H81N13O10S/c1-6-70-44-19-14-12-17-42(44)57(2,3)47(70)21-9-7-10-22-48-58(4,5)43-18-13-15-20-45(43)71(48)29-16-8-11-23-49(72)60-28-38-82-56-64-62-55(63-65-56)61-27-26-59-50(73)25-24-46(54(80)81)69-36-34-67(40-52(76)77)32-30-66(39-51(74)75)31-33-68(35-37-69)41-53(78)79/h7,9-10,12-15,17-22,46H,6,8,11,16,23-41H2,1-5H3,(H6-,59,60,61,62,63,72,73,74,75,76,77,78,79,80,81)/p+1. The molecule has 0 aliphatic carbocycles. The first-order chi connectivity index (χ1) is 39.3. The molecule has 1 aromatic heterocycles. The lowest BCUT2D eigenvalue weighted by atomic mass is 9.81. The van der Waals surface area contributed by atoms with Gasteiger partial charge in [0.2, 0.25) is 22.7 Å². The second-order valence-electron chi connectivity index (χ2n) is 21.6. The van der Waals surface area contributed by atoms with Crippen molar-refractivity contribution in [2.75, 3.05) is 121 Å². The van der Waals surface area contributed by atoms with Gasteiger partial charge in [0, 0.05) is 138 Å². The number of allylic oxidation sites excluding steroid dienone is 6. The number of carbonyl (C=O) groups excluding carboxylic acids is 2. The van der Waals surface area contributed by atoms with Gasteiger partial charge in [-0.1, -0.05) is 80.2 Å². The van der Waals surface area contributed by atoms with Crippen molar-refractivity contribution < 1.29 is 53.8 Å². The first-order valence-electron chi connectivity index (χ1n) is 28.2. The molecule has 82 heavy (non-hydrogen) atoms. The number of aromatic nitrogens is 4. The highest BCUT2D eigenvalue weighted by molar-refractivity contribution is 7.99. The first kappa shape index (κ1) is 64.1. The molecule has 24 heteroatoms. The number of carboxylic acids is 4. The number of fused-ring (bicyclic) bond motifs is 2. The van der Waals surface area contributed by atoms with E-state index in [0.717, 1.165) is 32.4 Å². The zero-order valence-electron chi connectivity index (χ0n) is 48.0. The summed E-state index contributed by atoms with van der Waals surface area (Å²) in [5.74, 6) is -4.22. The molecular formula is C58H82N13O10S+. The van der Waals surface area contributed by atoms with E-state index in [4.69, 9.17) is 0 Å². The molecule has 23 nitrogen and oxygen atoms in total.